The van der Waals surface area contributed by atoms with Crippen molar-refractivity contribution < 1.29 is 70.9 Å². The first-order valence-corrected chi connectivity index (χ1v) is 21.0. The molecular formula is C28H33N11O16S3. The Kier molecular flexibility index (Phi) is 10.8. The molecule has 0 spiro atoms. The molecule has 7 amide bonds. The number of hydroxylamine groups is 6. The molecule has 27 nitrogen and oxygen atoms in total. The molecule has 7 aliphatic rings. The summed E-state index contributed by atoms with van der Waals surface area (Å²) in [7, 11) is -14.2. The molecule has 9 heterocycles. The van der Waals surface area contributed by atoms with Crippen LogP contribution in [0.15, 0.2) is 61.1 Å². The third-order valence-corrected chi connectivity index (χ3v) is 10.3. The van der Waals surface area contributed by atoms with Crippen LogP contribution in [0.25, 0.3) is 11.4 Å². The maximum Gasteiger partial charge on any atom is 0.418 e. The number of imidazole rings is 1. The number of urea groups is 3. The quantitative estimate of drug-likeness (QED) is 0.242. The van der Waals surface area contributed by atoms with Crippen LogP contribution in [-0.4, -0.2) is 181 Å². The van der Waals surface area contributed by atoms with Gasteiger partial charge in [0.15, 0.2) is 0 Å². The van der Waals surface area contributed by atoms with Gasteiger partial charge >= 0.3 is 49.3 Å². The van der Waals surface area contributed by atoms with Crippen molar-refractivity contribution in [2.45, 2.75) is 31.0 Å². The van der Waals surface area contributed by atoms with E-state index in [9.17, 15) is 44.4 Å². The second kappa shape index (κ2) is 15.4. The lowest BCUT2D eigenvalue weighted by atomic mass is 10.1. The molecule has 6 bridgehead atoms. The van der Waals surface area contributed by atoms with E-state index in [2.05, 4.69) is 22.9 Å². The summed E-state index contributed by atoms with van der Waals surface area (Å²) in [5.41, 5.74) is 2.18. The van der Waals surface area contributed by atoms with E-state index >= 15 is 0 Å². The third-order valence-electron chi connectivity index (χ3n) is 9.29. The Bertz CT molecular complexity index is 2290. The molecule has 3 atom stereocenters. The average Bonchev–Trinajstić information content (AvgIpc) is 4.02. The Morgan fingerprint density at radius 1 is 0.621 bits per heavy atom. The summed E-state index contributed by atoms with van der Waals surface area (Å²) in [5, 5.41) is 5.96. The average molecular weight is 876 g/mol. The molecule has 30 heteroatoms. The summed E-state index contributed by atoms with van der Waals surface area (Å²) in [6.45, 7) is 2.32. The lowest BCUT2D eigenvalue weighted by molar-refractivity contribution is -0.126. The molecule has 3 N–H and O–H groups in total. The number of nitrogens with zero attached hydrogens (tertiary/aromatic N) is 11. The molecule has 7 aliphatic heterocycles. The highest BCUT2D eigenvalue weighted by Crippen LogP contribution is 2.30. The third kappa shape index (κ3) is 8.97. The SMILES string of the molecule is O=C1CCCN1C1=CC2CN(C1)C(=O)N2OS(=O)(=O)O.O=C1N2CC(n3cccn3)=CC(C2)N1OS(=O)(=O)O.O=C1N2CC(n3ccnc3)=CC(C2)N1OS(=O)(=O)O. The standard InChI is InChI=1S/C10H13N3O6S.2C9H10N4O5S/c14-9-2-1-3-12(9)7-4-8-6-11(5-7)10(15)13(8)19-20(16,17)18;14-9-12-4-7(11-2-1-10-6-11)3-8(5-12)13(9)18-19(15,16)17;14-9-11-5-7(12-3-1-2-10-12)4-8(6-11)13(9)18-19(15,16)17/h4,8H,1-3,5-6H2,(H,16,17,18);1-3,6,8H,4-5H2,(H,15,16,17);1-4,8H,5-6H2,(H,15,16,17). The summed E-state index contributed by atoms with van der Waals surface area (Å²) < 4.78 is 107. The van der Waals surface area contributed by atoms with Gasteiger partial charge in [-0.2, -0.15) is 45.5 Å². The predicted octanol–water partition coefficient (Wildman–Crippen LogP) is -1.50. The molecule has 3 unspecified atom stereocenters. The molecule has 2 aromatic heterocycles. The Hall–Kier alpha value is -5.47. The molecule has 58 heavy (non-hydrogen) atoms. The molecular weight excluding hydrogens is 843 g/mol. The molecule has 9 rings (SSSR count). The van der Waals surface area contributed by atoms with Crippen LogP contribution in [0.4, 0.5) is 14.4 Å². The number of hydrogen-bond acceptors (Lipinski definition) is 15. The van der Waals surface area contributed by atoms with E-state index in [1.54, 1.807) is 69.6 Å². The first kappa shape index (κ1) is 40.7. The fraction of sp³-hybridized carbons (Fsp3) is 0.429. The Balaban J connectivity index is 0.000000132. The number of amides is 7. The topological polar surface area (TPSA) is 317 Å². The minimum atomic E-state index is -4.76. The van der Waals surface area contributed by atoms with Gasteiger partial charge in [0.05, 0.1) is 31.7 Å². The maximum absolute atomic E-state index is 11.9. The normalized spacial score (nSPS) is 24.2. The first-order chi connectivity index (χ1) is 27.2. The van der Waals surface area contributed by atoms with Crippen molar-refractivity contribution in [1.29, 1.82) is 0 Å². The summed E-state index contributed by atoms with van der Waals surface area (Å²) in [5.74, 6) is -0.00607. The van der Waals surface area contributed by atoms with Crippen LogP contribution < -0.4 is 0 Å². The first-order valence-electron chi connectivity index (χ1n) is 16.9. The minimum Gasteiger partial charge on any atom is -0.315 e. The smallest absolute Gasteiger partial charge is 0.315 e. The van der Waals surface area contributed by atoms with Crippen LogP contribution in [0.3, 0.4) is 0 Å². The summed E-state index contributed by atoms with van der Waals surface area (Å²) >= 11 is 0. The summed E-state index contributed by atoms with van der Waals surface area (Å²) in [6.07, 6.45) is 14.5. The Labute approximate surface area is 328 Å². The van der Waals surface area contributed by atoms with E-state index < -0.39 is 67.4 Å². The van der Waals surface area contributed by atoms with E-state index in [-0.39, 0.29) is 19.0 Å². The molecule has 0 aromatic carbocycles. The van der Waals surface area contributed by atoms with E-state index in [1.165, 1.54) is 14.7 Å². The van der Waals surface area contributed by atoms with Crippen molar-refractivity contribution in [3.63, 3.8) is 0 Å². The molecule has 2 aromatic rings. The number of hydrogen-bond donors (Lipinski definition) is 3. The lowest BCUT2D eigenvalue weighted by Gasteiger charge is -2.27. The zero-order valence-corrected chi connectivity index (χ0v) is 32.0. The van der Waals surface area contributed by atoms with Crippen LogP contribution in [0.5, 0.6) is 0 Å². The number of carbonyl (C=O) groups is 4. The van der Waals surface area contributed by atoms with E-state index in [4.69, 9.17) is 13.7 Å². The highest BCUT2D eigenvalue weighted by molar-refractivity contribution is 7.81. The van der Waals surface area contributed by atoms with Gasteiger partial charge in [0.1, 0.15) is 18.1 Å². The molecule has 4 saturated heterocycles. The summed E-state index contributed by atoms with van der Waals surface area (Å²) in [4.78, 5) is 57.1. The number of fused-ring (bicyclic) bond motifs is 6. The van der Waals surface area contributed by atoms with Gasteiger partial charge in [-0.15, -0.1) is 12.9 Å². The van der Waals surface area contributed by atoms with Crippen LogP contribution in [0, 0.1) is 0 Å². The van der Waals surface area contributed by atoms with Crippen molar-refractivity contribution in [2.75, 3.05) is 45.8 Å². The fourth-order valence-electron chi connectivity index (χ4n) is 7.02. The van der Waals surface area contributed by atoms with Crippen LogP contribution in [-0.2, 0) is 48.8 Å². The zero-order valence-electron chi connectivity index (χ0n) is 29.6. The van der Waals surface area contributed by atoms with Gasteiger partial charge in [-0.1, -0.05) is 0 Å². The van der Waals surface area contributed by atoms with Gasteiger partial charge in [-0.25, -0.2) is 24.0 Å². The number of likely N-dealkylation sites (tertiary alicyclic amines) is 1. The van der Waals surface area contributed by atoms with Crippen LogP contribution in [0.1, 0.15) is 12.8 Å². The van der Waals surface area contributed by atoms with E-state index in [0.29, 0.717) is 60.0 Å². The molecule has 0 saturated carbocycles. The highest BCUT2D eigenvalue weighted by Gasteiger charge is 2.46. The summed E-state index contributed by atoms with van der Waals surface area (Å²) in [6, 6.07) is -1.91. The minimum absolute atomic E-state index is 0.00607. The maximum atomic E-state index is 11.9. The van der Waals surface area contributed by atoms with Gasteiger partial charge in [0.2, 0.25) is 5.91 Å². The van der Waals surface area contributed by atoms with Gasteiger partial charge in [0.25, 0.3) is 0 Å². The Morgan fingerprint density at radius 3 is 1.50 bits per heavy atom. The number of carbonyl (C=O) groups excluding carboxylic acids is 4. The molecule has 4 fully saturated rings. The fourth-order valence-corrected chi connectivity index (χ4v) is 8.16. The van der Waals surface area contributed by atoms with Crippen LogP contribution in [0.2, 0.25) is 0 Å². The zero-order chi connectivity index (χ0) is 41.7. The van der Waals surface area contributed by atoms with Gasteiger partial charge in [0, 0.05) is 68.8 Å². The van der Waals surface area contributed by atoms with Crippen molar-refractivity contribution in [3.05, 3.63) is 61.1 Å². The monoisotopic (exact) mass is 875 g/mol. The molecule has 314 valence electrons. The molecule has 0 aliphatic carbocycles. The molecule has 0 radical (unpaired) electrons. The number of aromatic nitrogens is 4. The second-order valence-corrected chi connectivity index (χ2v) is 16.2. The van der Waals surface area contributed by atoms with Gasteiger partial charge in [-0.05, 0) is 30.7 Å². The lowest BCUT2D eigenvalue weighted by Crippen LogP contribution is -2.37. The Morgan fingerprint density at radius 2 is 1.09 bits per heavy atom. The second-order valence-electron chi connectivity index (χ2n) is 13.2. The van der Waals surface area contributed by atoms with E-state index in [1.807, 2.05) is 0 Å². The van der Waals surface area contributed by atoms with Gasteiger partial charge in [-0.3, -0.25) is 18.5 Å². The largest absolute Gasteiger partial charge is 0.418 e. The van der Waals surface area contributed by atoms with Crippen molar-refractivity contribution in [2.24, 2.45) is 0 Å². The predicted molar refractivity (Wildman–Crippen MR) is 188 cm³/mol. The van der Waals surface area contributed by atoms with E-state index in [0.717, 1.165) is 17.8 Å². The number of rotatable bonds is 9. The van der Waals surface area contributed by atoms with Crippen molar-refractivity contribution >= 4 is 66.6 Å². The van der Waals surface area contributed by atoms with Gasteiger partial charge < -0.3 is 24.2 Å². The van der Waals surface area contributed by atoms with Crippen molar-refractivity contribution in [3.8, 4) is 0 Å². The van der Waals surface area contributed by atoms with Crippen molar-refractivity contribution in [1.82, 2.24) is 54.1 Å². The highest BCUT2D eigenvalue weighted by atomic mass is 32.3. The van der Waals surface area contributed by atoms with Crippen LogP contribution >= 0.6 is 0 Å².